The highest BCUT2D eigenvalue weighted by Crippen LogP contribution is 2.26. The van der Waals surface area contributed by atoms with Crippen molar-refractivity contribution in [2.45, 2.75) is 25.7 Å². The van der Waals surface area contributed by atoms with Gasteiger partial charge < -0.3 is 14.4 Å². The molecule has 0 atom stereocenters. The van der Waals surface area contributed by atoms with Crippen molar-refractivity contribution < 1.29 is 9.47 Å². The number of rotatable bonds is 8. The van der Waals surface area contributed by atoms with Crippen molar-refractivity contribution in [3.63, 3.8) is 0 Å². The lowest BCUT2D eigenvalue weighted by molar-refractivity contribution is 0.202. The molecule has 0 radical (unpaired) electrons. The third kappa shape index (κ3) is 6.40. The van der Waals surface area contributed by atoms with Gasteiger partial charge in [0.25, 0.3) is 0 Å². The molecule has 0 unspecified atom stereocenters. The van der Waals surface area contributed by atoms with Gasteiger partial charge in [0, 0.05) is 6.54 Å². The average Bonchev–Trinajstić information content (AvgIpc) is 2.51. The van der Waals surface area contributed by atoms with Crippen LogP contribution in [0.2, 0.25) is 0 Å². The maximum absolute atomic E-state index is 5.84. The summed E-state index contributed by atoms with van der Waals surface area (Å²) in [7, 11) is 0. The highest BCUT2D eigenvalue weighted by molar-refractivity contribution is 5.85. The maximum atomic E-state index is 5.84. The van der Waals surface area contributed by atoms with Gasteiger partial charge in [0.2, 0.25) is 0 Å². The Morgan fingerprint density at radius 1 is 1.05 bits per heavy atom. The van der Waals surface area contributed by atoms with Crippen LogP contribution in [-0.2, 0) is 0 Å². The third-order valence-electron chi connectivity index (χ3n) is 3.53. The van der Waals surface area contributed by atoms with Gasteiger partial charge >= 0.3 is 0 Å². The van der Waals surface area contributed by atoms with Crippen LogP contribution in [0.1, 0.15) is 25.7 Å². The van der Waals surface area contributed by atoms with E-state index < -0.39 is 0 Å². The molecule has 0 aromatic heterocycles. The first kappa shape index (κ1) is 17.9. The van der Waals surface area contributed by atoms with E-state index in [2.05, 4.69) is 11.5 Å². The normalized spacial score (nSPS) is 15.0. The summed E-state index contributed by atoms with van der Waals surface area (Å²) < 4.78 is 11.4. The minimum atomic E-state index is 0. The first-order valence-electron chi connectivity index (χ1n) is 7.58. The first-order valence-corrected chi connectivity index (χ1v) is 7.58. The van der Waals surface area contributed by atoms with Crippen LogP contribution in [0.25, 0.3) is 0 Å². The molecule has 3 nitrogen and oxygen atoms in total. The van der Waals surface area contributed by atoms with Crippen molar-refractivity contribution in [2.24, 2.45) is 0 Å². The van der Waals surface area contributed by atoms with Gasteiger partial charge in [-0.1, -0.05) is 31.2 Å². The summed E-state index contributed by atoms with van der Waals surface area (Å²) in [6.45, 7) is 8.54. The van der Waals surface area contributed by atoms with Gasteiger partial charge in [-0.25, -0.2) is 0 Å². The Labute approximate surface area is 134 Å². The van der Waals surface area contributed by atoms with Crippen molar-refractivity contribution >= 4 is 12.4 Å². The smallest absolute Gasteiger partial charge is 0.161 e. The van der Waals surface area contributed by atoms with Gasteiger partial charge in [-0.3, -0.25) is 0 Å². The molecule has 0 saturated carbocycles. The predicted molar refractivity (Wildman–Crippen MR) is 89.8 cm³/mol. The maximum Gasteiger partial charge on any atom is 0.161 e. The number of nitrogens with zero attached hydrogens (tertiary/aromatic N) is 1. The first-order chi connectivity index (χ1) is 9.90. The van der Waals surface area contributed by atoms with Crippen LogP contribution in [0.3, 0.4) is 0 Å². The SMILES string of the molecule is C=CCOc1ccccc1OCCCN1CCCCC1.Cl. The molecule has 118 valence electrons. The quantitative estimate of drug-likeness (QED) is 0.536. The van der Waals surface area contributed by atoms with Crippen molar-refractivity contribution in [1.82, 2.24) is 4.90 Å². The van der Waals surface area contributed by atoms with E-state index in [9.17, 15) is 0 Å². The fourth-order valence-corrected chi connectivity index (χ4v) is 2.49. The van der Waals surface area contributed by atoms with Crippen LogP contribution >= 0.6 is 12.4 Å². The summed E-state index contributed by atoms with van der Waals surface area (Å²) in [6.07, 6.45) is 6.89. The average molecular weight is 312 g/mol. The minimum absolute atomic E-state index is 0. The van der Waals surface area contributed by atoms with E-state index in [1.165, 1.54) is 32.4 Å². The van der Waals surface area contributed by atoms with Crippen LogP contribution < -0.4 is 9.47 Å². The van der Waals surface area contributed by atoms with E-state index in [0.29, 0.717) is 6.61 Å². The summed E-state index contributed by atoms with van der Waals surface area (Å²) in [5.41, 5.74) is 0. The summed E-state index contributed by atoms with van der Waals surface area (Å²) >= 11 is 0. The molecule has 1 heterocycles. The zero-order valence-electron chi connectivity index (χ0n) is 12.6. The fourth-order valence-electron chi connectivity index (χ4n) is 2.49. The molecule has 2 rings (SSSR count). The van der Waals surface area contributed by atoms with E-state index in [4.69, 9.17) is 9.47 Å². The molecule has 1 saturated heterocycles. The number of benzene rings is 1. The minimum Gasteiger partial charge on any atom is -0.490 e. The highest BCUT2D eigenvalue weighted by atomic mass is 35.5. The topological polar surface area (TPSA) is 21.7 Å². The van der Waals surface area contributed by atoms with Gasteiger partial charge in [-0.05, 0) is 44.5 Å². The Morgan fingerprint density at radius 2 is 1.71 bits per heavy atom. The number of para-hydroxylation sites is 2. The zero-order valence-corrected chi connectivity index (χ0v) is 13.4. The van der Waals surface area contributed by atoms with Crippen LogP contribution in [0, 0.1) is 0 Å². The number of likely N-dealkylation sites (tertiary alicyclic amines) is 1. The number of halogens is 1. The molecule has 0 N–H and O–H groups in total. The largest absolute Gasteiger partial charge is 0.490 e. The third-order valence-corrected chi connectivity index (χ3v) is 3.53. The van der Waals surface area contributed by atoms with Crippen molar-refractivity contribution in [3.05, 3.63) is 36.9 Å². The van der Waals surface area contributed by atoms with Gasteiger partial charge in [-0.2, -0.15) is 0 Å². The number of hydrogen-bond donors (Lipinski definition) is 0. The van der Waals surface area contributed by atoms with Crippen molar-refractivity contribution in [3.8, 4) is 11.5 Å². The Morgan fingerprint density at radius 3 is 2.38 bits per heavy atom. The van der Waals surface area contributed by atoms with E-state index in [1.54, 1.807) is 6.08 Å². The Hall–Kier alpha value is -1.19. The summed E-state index contributed by atoms with van der Waals surface area (Å²) in [5, 5.41) is 0. The second-order valence-electron chi connectivity index (χ2n) is 5.15. The molecule has 21 heavy (non-hydrogen) atoms. The molecule has 0 aliphatic carbocycles. The molecule has 1 aromatic rings. The second kappa shape index (κ2) is 10.5. The van der Waals surface area contributed by atoms with Gasteiger partial charge in [0.15, 0.2) is 11.5 Å². The van der Waals surface area contributed by atoms with Gasteiger partial charge in [-0.15, -0.1) is 12.4 Å². The summed E-state index contributed by atoms with van der Waals surface area (Å²) in [6, 6.07) is 7.82. The van der Waals surface area contributed by atoms with E-state index in [1.807, 2.05) is 24.3 Å². The number of hydrogen-bond acceptors (Lipinski definition) is 3. The second-order valence-corrected chi connectivity index (χ2v) is 5.15. The van der Waals surface area contributed by atoms with Crippen molar-refractivity contribution in [2.75, 3.05) is 32.8 Å². The lowest BCUT2D eigenvalue weighted by atomic mass is 10.1. The van der Waals surface area contributed by atoms with Crippen LogP contribution in [0.5, 0.6) is 11.5 Å². The van der Waals surface area contributed by atoms with Gasteiger partial charge in [0.05, 0.1) is 6.61 Å². The number of piperidine rings is 1. The molecule has 1 aromatic carbocycles. The summed E-state index contributed by atoms with van der Waals surface area (Å²) in [4.78, 5) is 2.53. The van der Waals surface area contributed by atoms with E-state index in [-0.39, 0.29) is 12.4 Å². The van der Waals surface area contributed by atoms with E-state index in [0.717, 1.165) is 31.1 Å². The molecular formula is C17H26ClNO2. The lowest BCUT2D eigenvalue weighted by Gasteiger charge is -2.26. The Balaban J connectivity index is 0.00000220. The molecule has 1 aliphatic rings. The van der Waals surface area contributed by atoms with Crippen LogP contribution in [-0.4, -0.2) is 37.7 Å². The van der Waals surface area contributed by atoms with Gasteiger partial charge in [0.1, 0.15) is 6.61 Å². The zero-order chi connectivity index (χ0) is 14.0. The number of ether oxygens (including phenoxy) is 2. The molecule has 1 fully saturated rings. The monoisotopic (exact) mass is 311 g/mol. The molecule has 0 bridgehead atoms. The summed E-state index contributed by atoms with van der Waals surface area (Å²) in [5.74, 6) is 1.62. The molecular weight excluding hydrogens is 286 g/mol. The highest BCUT2D eigenvalue weighted by Gasteiger charge is 2.09. The predicted octanol–water partition coefficient (Wildman–Crippen LogP) is 3.93. The Kier molecular flexibility index (Phi) is 8.95. The Bertz CT molecular complexity index is 406. The standard InChI is InChI=1S/C17H25NO2.ClH/c1-2-14-19-16-9-4-5-10-17(16)20-15-8-13-18-11-6-3-7-12-18;/h2,4-5,9-10H,1,3,6-8,11-15H2;1H. The lowest BCUT2D eigenvalue weighted by Crippen LogP contribution is -2.31. The molecule has 4 heteroatoms. The molecule has 1 aliphatic heterocycles. The molecule has 0 spiro atoms. The van der Waals surface area contributed by atoms with Crippen LogP contribution in [0.15, 0.2) is 36.9 Å². The molecule has 0 amide bonds. The van der Waals surface area contributed by atoms with Crippen molar-refractivity contribution in [1.29, 1.82) is 0 Å². The van der Waals surface area contributed by atoms with E-state index >= 15 is 0 Å². The fraction of sp³-hybridized carbons (Fsp3) is 0.529. The van der Waals surface area contributed by atoms with Crippen LogP contribution in [0.4, 0.5) is 0 Å².